The molecule has 3 N–H and O–H groups in total. The largest absolute Gasteiger partial charge is 0.465 e. The number of likely N-dealkylation sites (tertiary alicyclic amines) is 1. The molecule has 136 valence electrons. The van der Waals surface area contributed by atoms with Gasteiger partial charge in [-0.1, -0.05) is 30.3 Å². The first-order valence-electron chi connectivity index (χ1n) is 8.39. The molecule has 7 heteroatoms. The molecule has 0 aromatic heterocycles. The number of piperidine rings is 1. The van der Waals surface area contributed by atoms with Crippen LogP contribution in [0.15, 0.2) is 30.3 Å². The summed E-state index contributed by atoms with van der Waals surface area (Å²) in [6, 6.07) is 8.43. The number of benzene rings is 1. The molecule has 0 aliphatic carbocycles. The molecule has 0 radical (unpaired) electrons. The normalized spacial score (nSPS) is 24.4. The molecular weight excluding hydrogens is 324 g/mol. The fourth-order valence-corrected chi connectivity index (χ4v) is 3.25. The molecule has 0 bridgehead atoms. The van der Waals surface area contributed by atoms with Crippen LogP contribution in [-0.4, -0.2) is 51.6 Å². The number of rotatable bonds is 6. The van der Waals surface area contributed by atoms with E-state index in [9.17, 15) is 19.5 Å². The van der Waals surface area contributed by atoms with Gasteiger partial charge in [-0.15, -0.1) is 0 Å². The molecular formula is C18H24N2O5. The molecule has 25 heavy (non-hydrogen) atoms. The van der Waals surface area contributed by atoms with E-state index in [4.69, 9.17) is 5.11 Å². The lowest BCUT2D eigenvalue weighted by Crippen LogP contribution is -2.58. The van der Waals surface area contributed by atoms with Crippen molar-refractivity contribution in [2.45, 2.75) is 50.3 Å². The highest BCUT2D eigenvalue weighted by Crippen LogP contribution is 2.29. The summed E-state index contributed by atoms with van der Waals surface area (Å²) in [7, 11) is 0. The van der Waals surface area contributed by atoms with Crippen LogP contribution in [0.25, 0.3) is 0 Å². The van der Waals surface area contributed by atoms with Crippen LogP contribution in [0.5, 0.6) is 0 Å². The molecule has 1 aromatic carbocycles. The van der Waals surface area contributed by atoms with Crippen LogP contribution >= 0.6 is 0 Å². The summed E-state index contributed by atoms with van der Waals surface area (Å²) >= 11 is 0. The van der Waals surface area contributed by atoms with Gasteiger partial charge in [0.25, 0.3) is 5.91 Å². The Morgan fingerprint density at radius 1 is 1.40 bits per heavy atom. The lowest BCUT2D eigenvalue weighted by Gasteiger charge is -2.40. The van der Waals surface area contributed by atoms with Gasteiger partial charge in [0.15, 0.2) is 0 Å². The highest BCUT2D eigenvalue weighted by atomic mass is 16.4. The number of aliphatic hydroxyl groups is 1. The van der Waals surface area contributed by atoms with Gasteiger partial charge in [-0.2, -0.15) is 0 Å². The lowest BCUT2D eigenvalue weighted by molar-refractivity contribution is -0.147. The number of aldehydes is 1. The van der Waals surface area contributed by atoms with E-state index in [2.05, 4.69) is 5.32 Å². The zero-order valence-corrected chi connectivity index (χ0v) is 14.2. The van der Waals surface area contributed by atoms with Gasteiger partial charge in [-0.05, 0) is 18.9 Å². The molecule has 0 saturated carbocycles. The van der Waals surface area contributed by atoms with E-state index in [1.165, 1.54) is 4.90 Å². The molecule has 7 nitrogen and oxygen atoms in total. The van der Waals surface area contributed by atoms with Gasteiger partial charge >= 0.3 is 6.09 Å². The molecule has 2 amide bonds. The predicted molar refractivity (Wildman–Crippen MR) is 91.0 cm³/mol. The number of nitrogens with zero attached hydrogens (tertiary/aromatic N) is 1. The topological polar surface area (TPSA) is 107 Å². The predicted octanol–water partition coefficient (Wildman–Crippen LogP) is 1.72. The zero-order chi connectivity index (χ0) is 18.4. The Morgan fingerprint density at radius 2 is 2.08 bits per heavy atom. The van der Waals surface area contributed by atoms with Crippen molar-refractivity contribution in [1.82, 2.24) is 10.2 Å². The lowest BCUT2D eigenvalue weighted by atomic mass is 9.85. The van der Waals surface area contributed by atoms with Crippen molar-refractivity contribution in [2.75, 3.05) is 6.54 Å². The van der Waals surface area contributed by atoms with Crippen LogP contribution in [0.2, 0.25) is 0 Å². The number of carbonyl (C=O) groups is 3. The van der Waals surface area contributed by atoms with Gasteiger partial charge in [0.2, 0.25) is 0 Å². The maximum Gasteiger partial charge on any atom is 0.407 e. The van der Waals surface area contributed by atoms with Crippen LogP contribution < -0.4 is 5.32 Å². The second kappa shape index (κ2) is 8.11. The van der Waals surface area contributed by atoms with Gasteiger partial charge < -0.3 is 25.2 Å². The third-order valence-corrected chi connectivity index (χ3v) is 4.68. The van der Waals surface area contributed by atoms with Gasteiger partial charge in [-0.25, -0.2) is 4.79 Å². The third-order valence-electron chi connectivity index (χ3n) is 4.68. The summed E-state index contributed by atoms with van der Waals surface area (Å²) in [6.45, 7) is 1.78. The second-order valence-corrected chi connectivity index (χ2v) is 6.49. The van der Waals surface area contributed by atoms with E-state index in [1.807, 2.05) is 30.3 Å². The minimum absolute atomic E-state index is 0.0420. The number of hydrogen-bond acceptors (Lipinski definition) is 4. The summed E-state index contributed by atoms with van der Waals surface area (Å²) in [5.41, 5.74) is -0.753. The molecule has 1 aliphatic rings. The Kier molecular flexibility index (Phi) is 6.14. The van der Waals surface area contributed by atoms with E-state index in [0.29, 0.717) is 12.8 Å². The minimum Gasteiger partial charge on any atom is -0.465 e. The Bertz CT molecular complexity index is 621. The second-order valence-electron chi connectivity index (χ2n) is 6.49. The molecule has 1 heterocycles. The van der Waals surface area contributed by atoms with Crippen LogP contribution in [0.1, 0.15) is 44.2 Å². The maximum atomic E-state index is 12.7. The van der Waals surface area contributed by atoms with E-state index >= 15 is 0 Å². The maximum absolute atomic E-state index is 12.7. The quantitative estimate of drug-likeness (QED) is 0.679. The molecule has 1 aromatic rings. The minimum atomic E-state index is -1.61. The summed E-state index contributed by atoms with van der Waals surface area (Å²) in [5.74, 6) is -0.524. The fraction of sp³-hybridized carbons (Fsp3) is 0.500. The fourth-order valence-electron chi connectivity index (χ4n) is 3.25. The zero-order valence-electron chi connectivity index (χ0n) is 14.2. The number of nitrogens with one attached hydrogen (secondary N) is 1. The number of hydrogen-bond donors (Lipinski definition) is 3. The van der Waals surface area contributed by atoms with Gasteiger partial charge in [0.1, 0.15) is 11.9 Å². The van der Waals surface area contributed by atoms with E-state index < -0.39 is 23.6 Å². The van der Waals surface area contributed by atoms with Crippen LogP contribution in [0.4, 0.5) is 4.79 Å². The first-order valence-corrected chi connectivity index (χ1v) is 8.39. The Hall–Kier alpha value is -2.41. The third kappa shape index (κ3) is 4.57. The summed E-state index contributed by atoms with van der Waals surface area (Å²) in [4.78, 5) is 35.7. The number of carboxylic acid groups (broad SMARTS) is 1. The van der Waals surface area contributed by atoms with E-state index in [0.717, 1.165) is 11.8 Å². The Balaban J connectivity index is 2.09. The van der Waals surface area contributed by atoms with Crippen molar-refractivity contribution in [3.8, 4) is 0 Å². The molecule has 3 atom stereocenters. The molecule has 1 aliphatic heterocycles. The number of carbonyl (C=O) groups excluding carboxylic acids is 2. The standard InChI is InChI=1S/C18H24N2O5/c1-13-12-18(25,9-10-20(13)17(23)24)16(22)19-15(8-5-11-21)14-6-3-2-4-7-14/h2-4,6-7,11,13,15,25H,5,8-10,12H2,1H3,(H,19,22)(H,23,24)/t13?,15-,18?/m0/s1. The molecule has 1 saturated heterocycles. The van der Waals surface area contributed by atoms with Crippen molar-refractivity contribution in [3.63, 3.8) is 0 Å². The van der Waals surface area contributed by atoms with Gasteiger partial charge in [0.05, 0.1) is 6.04 Å². The van der Waals surface area contributed by atoms with Crippen molar-refractivity contribution in [3.05, 3.63) is 35.9 Å². The van der Waals surface area contributed by atoms with E-state index in [-0.39, 0.29) is 25.4 Å². The summed E-state index contributed by atoms with van der Waals surface area (Å²) in [5, 5.41) is 22.7. The Morgan fingerprint density at radius 3 is 2.64 bits per heavy atom. The Labute approximate surface area is 146 Å². The van der Waals surface area contributed by atoms with Crippen molar-refractivity contribution >= 4 is 18.3 Å². The number of amides is 2. The van der Waals surface area contributed by atoms with Gasteiger partial charge in [-0.3, -0.25) is 4.79 Å². The van der Waals surface area contributed by atoms with Crippen LogP contribution in [0, 0.1) is 0 Å². The average Bonchev–Trinajstić information content (AvgIpc) is 2.58. The van der Waals surface area contributed by atoms with Crippen molar-refractivity contribution < 1.29 is 24.6 Å². The van der Waals surface area contributed by atoms with Crippen molar-refractivity contribution in [2.24, 2.45) is 0 Å². The highest BCUT2D eigenvalue weighted by Gasteiger charge is 2.44. The smallest absolute Gasteiger partial charge is 0.407 e. The summed E-state index contributed by atoms with van der Waals surface area (Å²) in [6.07, 6.45) is 0.561. The first-order chi connectivity index (χ1) is 11.9. The molecule has 2 unspecified atom stereocenters. The highest BCUT2D eigenvalue weighted by molar-refractivity contribution is 5.85. The SMILES string of the molecule is CC1CC(O)(C(=O)N[C@@H](CCC=O)c2ccccc2)CCN1C(=O)O. The van der Waals surface area contributed by atoms with E-state index in [1.54, 1.807) is 6.92 Å². The average molecular weight is 348 g/mol. The molecule has 2 rings (SSSR count). The van der Waals surface area contributed by atoms with Gasteiger partial charge in [0, 0.05) is 31.8 Å². The molecule has 1 fully saturated rings. The monoisotopic (exact) mass is 348 g/mol. The van der Waals surface area contributed by atoms with Crippen molar-refractivity contribution in [1.29, 1.82) is 0 Å². The first kappa shape index (κ1) is 18.9. The summed E-state index contributed by atoms with van der Waals surface area (Å²) < 4.78 is 0. The molecule has 0 spiro atoms. The van der Waals surface area contributed by atoms with Crippen LogP contribution in [0.3, 0.4) is 0 Å². The van der Waals surface area contributed by atoms with Crippen LogP contribution in [-0.2, 0) is 9.59 Å².